The highest BCUT2D eigenvalue weighted by Crippen LogP contribution is 2.19. The number of rotatable bonds is 9. The summed E-state index contributed by atoms with van der Waals surface area (Å²) in [7, 11) is -3.82. The Balaban J connectivity index is 1.65. The van der Waals surface area contributed by atoms with Crippen LogP contribution < -0.4 is 10.0 Å². The van der Waals surface area contributed by atoms with E-state index in [4.69, 9.17) is 4.74 Å². The molecule has 27 heavy (non-hydrogen) atoms. The third-order valence-electron chi connectivity index (χ3n) is 4.05. The summed E-state index contributed by atoms with van der Waals surface area (Å²) in [5.74, 6) is -1.23. The van der Waals surface area contributed by atoms with Gasteiger partial charge >= 0.3 is 5.97 Å². The van der Waals surface area contributed by atoms with Gasteiger partial charge in [-0.25, -0.2) is 8.42 Å². The molecule has 2 N–H and O–H groups in total. The molecule has 0 bridgehead atoms. The van der Waals surface area contributed by atoms with E-state index in [1.807, 2.05) is 0 Å². The molecular weight excluding hydrogens is 436 g/mol. The highest BCUT2D eigenvalue weighted by molar-refractivity contribution is 9.10. The predicted molar refractivity (Wildman–Crippen MR) is 104 cm³/mol. The van der Waals surface area contributed by atoms with Gasteiger partial charge in [0.05, 0.1) is 4.90 Å². The Hall–Kier alpha value is -1.71. The number of ether oxygens (including phenoxy) is 1. The molecule has 0 aliphatic heterocycles. The smallest absolute Gasteiger partial charge is 0.321 e. The van der Waals surface area contributed by atoms with Crippen LogP contribution in [-0.4, -0.2) is 40.0 Å². The quantitative estimate of drug-likeness (QED) is 0.436. The van der Waals surface area contributed by atoms with Gasteiger partial charge in [0.15, 0.2) is 6.61 Å². The van der Waals surface area contributed by atoms with Gasteiger partial charge in [0, 0.05) is 11.0 Å². The molecular formula is C18H23BrN2O5S. The van der Waals surface area contributed by atoms with E-state index in [1.165, 1.54) is 30.5 Å². The zero-order valence-electron chi connectivity index (χ0n) is 14.9. The van der Waals surface area contributed by atoms with Gasteiger partial charge in [-0.3, -0.25) is 9.59 Å². The Morgan fingerprint density at radius 3 is 2.56 bits per heavy atom. The van der Waals surface area contributed by atoms with Crippen LogP contribution in [-0.2, 0) is 24.3 Å². The number of halogens is 1. The van der Waals surface area contributed by atoms with Crippen LogP contribution >= 0.6 is 15.9 Å². The van der Waals surface area contributed by atoms with Crippen molar-refractivity contribution in [1.29, 1.82) is 0 Å². The van der Waals surface area contributed by atoms with Crippen molar-refractivity contribution in [2.75, 3.05) is 19.7 Å². The summed E-state index contributed by atoms with van der Waals surface area (Å²) in [5, 5.41) is 2.69. The van der Waals surface area contributed by atoms with Gasteiger partial charge in [-0.1, -0.05) is 27.6 Å². The molecule has 2 rings (SSSR count). The molecule has 0 atom stereocenters. The zero-order valence-corrected chi connectivity index (χ0v) is 17.3. The molecule has 1 aromatic rings. The Kier molecular flexibility index (Phi) is 8.46. The molecule has 0 spiro atoms. The van der Waals surface area contributed by atoms with E-state index >= 15 is 0 Å². The van der Waals surface area contributed by atoms with Crippen LogP contribution in [0.1, 0.15) is 32.1 Å². The maximum atomic E-state index is 12.1. The predicted octanol–water partition coefficient (Wildman–Crippen LogP) is 2.28. The first-order valence-electron chi connectivity index (χ1n) is 8.72. The molecule has 1 aliphatic carbocycles. The van der Waals surface area contributed by atoms with Crippen molar-refractivity contribution in [3.8, 4) is 0 Å². The summed E-state index contributed by atoms with van der Waals surface area (Å²) in [6.45, 7) is -0.477. The zero-order chi connectivity index (χ0) is 19.7. The number of allylic oxidation sites excluding steroid dienone is 1. The Morgan fingerprint density at radius 2 is 1.89 bits per heavy atom. The van der Waals surface area contributed by atoms with Crippen molar-refractivity contribution in [2.45, 2.75) is 37.0 Å². The minimum atomic E-state index is -3.82. The lowest BCUT2D eigenvalue weighted by atomic mass is 9.97. The number of hydrogen-bond acceptors (Lipinski definition) is 5. The number of carbonyl (C=O) groups is 2. The number of hydrogen-bond donors (Lipinski definition) is 2. The summed E-state index contributed by atoms with van der Waals surface area (Å²) in [6.07, 6.45) is 7.59. The summed E-state index contributed by atoms with van der Waals surface area (Å²) in [4.78, 5) is 23.4. The molecule has 7 nitrogen and oxygen atoms in total. The van der Waals surface area contributed by atoms with Crippen LogP contribution in [0.4, 0.5) is 0 Å². The molecule has 9 heteroatoms. The summed E-state index contributed by atoms with van der Waals surface area (Å²) in [6, 6.07) is 5.99. The second-order valence-corrected chi connectivity index (χ2v) is 8.83. The number of amides is 1. The number of esters is 1. The first kappa shape index (κ1) is 21.6. The summed E-state index contributed by atoms with van der Waals surface area (Å²) >= 11 is 3.22. The van der Waals surface area contributed by atoms with E-state index in [9.17, 15) is 18.0 Å². The van der Waals surface area contributed by atoms with Crippen LogP contribution in [0.2, 0.25) is 0 Å². The first-order chi connectivity index (χ1) is 12.9. The molecule has 0 unspecified atom stereocenters. The lowest BCUT2D eigenvalue weighted by molar-refractivity contribution is -0.147. The first-order valence-corrected chi connectivity index (χ1v) is 11.0. The van der Waals surface area contributed by atoms with Crippen molar-refractivity contribution in [1.82, 2.24) is 10.0 Å². The Bertz CT molecular complexity index is 790. The Morgan fingerprint density at radius 1 is 1.15 bits per heavy atom. The highest BCUT2D eigenvalue weighted by Gasteiger charge is 2.16. The van der Waals surface area contributed by atoms with Crippen molar-refractivity contribution in [2.24, 2.45) is 0 Å². The standard InChI is InChI=1S/C18H23BrN2O5S/c19-15-6-8-16(9-7-15)27(24,25)21-12-18(23)26-13-17(22)20-11-10-14-4-2-1-3-5-14/h4,6-9,21H,1-3,5,10-13H2,(H,20,22). The largest absolute Gasteiger partial charge is 0.455 e. The molecule has 0 saturated heterocycles. The van der Waals surface area contributed by atoms with Crippen LogP contribution in [0.15, 0.2) is 45.3 Å². The average molecular weight is 459 g/mol. The van der Waals surface area contributed by atoms with Gasteiger partial charge in [0.1, 0.15) is 6.54 Å². The van der Waals surface area contributed by atoms with Crippen molar-refractivity contribution in [3.63, 3.8) is 0 Å². The SMILES string of the molecule is O=C(COC(=O)CNS(=O)(=O)c1ccc(Br)cc1)NCCC1=CCCCC1. The van der Waals surface area contributed by atoms with Gasteiger partial charge in [-0.05, 0) is 56.4 Å². The minimum absolute atomic E-state index is 0.0354. The highest BCUT2D eigenvalue weighted by atomic mass is 79.9. The van der Waals surface area contributed by atoms with Crippen LogP contribution in [0.3, 0.4) is 0 Å². The van der Waals surface area contributed by atoms with Crippen LogP contribution in [0.5, 0.6) is 0 Å². The second kappa shape index (κ2) is 10.6. The van der Waals surface area contributed by atoms with Crippen molar-refractivity contribution >= 4 is 37.8 Å². The maximum Gasteiger partial charge on any atom is 0.321 e. The molecule has 0 aromatic heterocycles. The molecule has 1 amide bonds. The summed E-state index contributed by atoms with van der Waals surface area (Å²) < 4.78 is 31.8. The van der Waals surface area contributed by atoms with E-state index in [-0.39, 0.29) is 4.90 Å². The minimum Gasteiger partial charge on any atom is -0.455 e. The van der Waals surface area contributed by atoms with Gasteiger partial charge in [-0.15, -0.1) is 0 Å². The van der Waals surface area contributed by atoms with E-state index in [0.29, 0.717) is 6.54 Å². The topological polar surface area (TPSA) is 102 Å². The molecule has 0 fully saturated rings. The number of benzene rings is 1. The number of carbonyl (C=O) groups excluding carboxylic acids is 2. The molecule has 0 radical (unpaired) electrons. The average Bonchev–Trinajstić information content (AvgIpc) is 2.66. The maximum absolute atomic E-state index is 12.1. The van der Waals surface area contributed by atoms with Crippen LogP contribution in [0, 0.1) is 0 Å². The number of nitrogens with one attached hydrogen (secondary N) is 2. The molecule has 0 heterocycles. The third kappa shape index (κ3) is 7.82. The molecule has 0 saturated carbocycles. The lowest BCUT2D eigenvalue weighted by Gasteiger charge is -2.13. The van der Waals surface area contributed by atoms with E-state index in [1.54, 1.807) is 12.1 Å². The van der Waals surface area contributed by atoms with Gasteiger partial charge < -0.3 is 10.1 Å². The Labute approximate surface area is 167 Å². The van der Waals surface area contributed by atoms with Gasteiger partial charge in [-0.2, -0.15) is 4.72 Å². The van der Waals surface area contributed by atoms with E-state index in [2.05, 4.69) is 32.0 Å². The van der Waals surface area contributed by atoms with Crippen LogP contribution in [0.25, 0.3) is 0 Å². The normalized spacial score (nSPS) is 14.3. The molecule has 1 aromatic carbocycles. The fourth-order valence-corrected chi connectivity index (χ4v) is 3.83. The second-order valence-electron chi connectivity index (χ2n) is 6.15. The number of sulfonamides is 1. The summed E-state index contributed by atoms with van der Waals surface area (Å²) in [5.41, 5.74) is 1.35. The fourth-order valence-electron chi connectivity index (χ4n) is 2.59. The molecule has 148 valence electrons. The van der Waals surface area contributed by atoms with Gasteiger partial charge in [0.2, 0.25) is 10.0 Å². The van der Waals surface area contributed by atoms with Crippen molar-refractivity contribution in [3.05, 3.63) is 40.4 Å². The lowest BCUT2D eigenvalue weighted by Crippen LogP contribution is -2.34. The van der Waals surface area contributed by atoms with Gasteiger partial charge in [0.25, 0.3) is 5.91 Å². The van der Waals surface area contributed by atoms with E-state index < -0.39 is 35.1 Å². The fraction of sp³-hybridized carbons (Fsp3) is 0.444. The van der Waals surface area contributed by atoms with E-state index in [0.717, 1.165) is 23.7 Å². The monoisotopic (exact) mass is 458 g/mol. The van der Waals surface area contributed by atoms with Crippen molar-refractivity contribution < 1.29 is 22.7 Å². The molecule has 1 aliphatic rings. The third-order valence-corrected chi connectivity index (χ3v) is 5.99.